The van der Waals surface area contributed by atoms with Gasteiger partial charge in [-0.15, -0.1) is 0 Å². The first-order chi connectivity index (χ1) is 9.98. The minimum Gasteiger partial charge on any atom is -0.481 e. The first-order valence-corrected chi connectivity index (χ1v) is 8.26. The summed E-state index contributed by atoms with van der Waals surface area (Å²) in [5.41, 5.74) is -0.745. The number of carbonyl (C=O) groups is 2. The van der Waals surface area contributed by atoms with Gasteiger partial charge >= 0.3 is 12.0 Å². The molecular weight excluding hydrogens is 268 g/mol. The summed E-state index contributed by atoms with van der Waals surface area (Å²) in [5, 5.41) is 15.2. The molecule has 2 aliphatic rings. The van der Waals surface area contributed by atoms with Crippen molar-refractivity contribution in [3.05, 3.63) is 0 Å². The molecule has 0 bridgehead atoms. The Morgan fingerprint density at radius 3 is 2.43 bits per heavy atom. The number of carboxylic acid groups (broad SMARTS) is 1. The van der Waals surface area contributed by atoms with E-state index in [1.807, 2.05) is 0 Å². The second kappa shape index (κ2) is 6.67. The Labute approximate surface area is 126 Å². The average molecular weight is 296 g/mol. The van der Waals surface area contributed by atoms with Crippen molar-refractivity contribution in [2.45, 2.75) is 64.8 Å². The summed E-state index contributed by atoms with van der Waals surface area (Å²) < 4.78 is 0. The van der Waals surface area contributed by atoms with Crippen molar-refractivity contribution in [1.29, 1.82) is 0 Å². The molecule has 5 nitrogen and oxygen atoms in total. The first kappa shape index (κ1) is 16.1. The highest BCUT2D eigenvalue weighted by atomic mass is 16.4. The van der Waals surface area contributed by atoms with Crippen LogP contribution in [-0.4, -0.2) is 29.7 Å². The molecule has 0 spiro atoms. The highest BCUT2D eigenvalue weighted by Crippen LogP contribution is 2.38. The number of urea groups is 1. The van der Waals surface area contributed by atoms with Gasteiger partial charge in [0.25, 0.3) is 0 Å². The van der Waals surface area contributed by atoms with Gasteiger partial charge in [-0.1, -0.05) is 33.1 Å². The summed E-state index contributed by atoms with van der Waals surface area (Å²) in [6.07, 6.45) is 6.56. The number of aliphatic carboxylic acids is 1. The second-order valence-corrected chi connectivity index (χ2v) is 6.83. The van der Waals surface area contributed by atoms with Gasteiger partial charge in [-0.2, -0.15) is 0 Å². The Hall–Kier alpha value is -1.26. The van der Waals surface area contributed by atoms with E-state index < -0.39 is 11.4 Å². The Bertz CT molecular complexity index is 391. The molecule has 0 radical (unpaired) electrons. The molecule has 0 heterocycles. The summed E-state index contributed by atoms with van der Waals surface area (Å²) in [6, 6.07) is 0.00966. The van der Waals surface area contributed by atoms with E-state index in [0.29, 0.717) is 24.7 Å². The molecule has 2 aliphatic carbocycles. The van der Waals surface area contributed by atoms with Crippen LogP contribution in [0.4, 0.5) is 4.79 Å². The Morgan fingerprint density at radius 1 is 1.24 bits per heavy atom. The smallest absolute Gasteiger partial charge is 0.315 e. The minimum absolute atomic E-state index is 0.212. The van der Waals surface area contributed by atoms with Crippen LogP contribution in [0.3, 0.4) is 0 Å². The molecule has 120 valence electrons. The zero-order chi connectivity index (χ0) is 15.5. The van der Waals surface area contributed by atoms with Gasteiger partial charge in [-0.05, 0) is 37.5 Å². The third-order valence-electron chi connectivity index (χ3n) is 5.67. The van der Waals surface area contributed by atoms with Crippen LogP contribution in [0.15, 0.2) is 0 Å². The summed E-state index contributed by atoms with van der Waals surface area (Å²) in [5.74, 6) is 0.414. The van der Waals surface area contributed by atoms with Crippen LogP contribution in [0.25, 0.3) is 0 Å². The number of rotatable bonds is 5. The fraction of sp³-hybridized carbons (Fsp3) is 0.875. The molecule has 2 fully saturated rings. The van der Waals surface area contributed by atoms with Crippen LogP contribution in [0.2, 0.25) is 0 Å². The fourth-order valence-electron chi connectivity index (χ4n) is 4.01. The van der Waals surface area contributed by atoms with E-state index in [-0.39, 0.29) is 18.6 Å². The molecule has 0 saturated heterocycles. The van der Waals surface area contributed by atoms with Crippen molar-refractivity contribution < 1.29 is 14.7 Å². The topological polar surface area (TPSA) is 78.4 Å². The van der Waals surface area contributed by atoms with Gasteiger partial charge < -0.3 is 15.7 Å². The predicted octanol–water partition coefficient (Wildman–Crippen LogP) is 2.76. The second-order valence-electron chi connectivity index (χ2n) is 6.83. The standard InChI is InChI=1S/C16H28N2O3/c1-3-12-6-7-13(11(12)2)18-15(21)17-10-16(14(19)20)8-4-5-9-16/h11-13H,3-10H2,1-2H3,(H,19,20)(H2,17,18,21). The van der Waals surface area contributed by atoms with Gasteiger partial charge in [0.1, 0.15) is 0 Å². The van der Waals surface area contributed by atoms with Crippen LogP contribution in [0, 0.1) is 17.3 Å². The quantitative estimate of drug-likeness (QED) is 0.730. The number of carbonyl (C=O) groups excluding carboxylic acids is 1. The molecule has 21 heavy (non-hydrogen) atoms. The minimum atomic E-state index is -0.777. The molecule has 0 aromatic heterocycles. The number of hydrogen-bond donors (Lipinski definition) is 3. The van der Waals surface area contributed by atoms with Crippen LogP contribution < -0.4 is 10.6 Å². The number of carboxylic acids is 1. The van der Waals surface area contributed by atoms with Crippen molar-refractivity contribution >= 4 is 12.0 Å². The van der Waals surface area contributed by atoms with E-state index >= 15 is 0 Å². The largest absolute Gasteiger partial charge is 0.481 e. The molecule has 3 unspecified atom stereocenters. The third kappa shape index (κ3) is 3.50. The molecule has 3 N–H and O–H groups in total. The summed E-state index contributed by atoms with van der Waals surface area (Å²) in [7, 11) is 0. The van der Waals surface area contributed by atoms with Gasteiger partial charge in [0.15, 0.2) is 0 Å². The van der Waals surface area contributed by atoms with Gasteiger partial charge in [-0.25, -0.2) is 4.79 Å². The zero-order valence-electron chi connectivity index (χ0n) is 13.2. The van der Waals surface area contributed by atoms with Crippen LogP contribution in [0.5, 0.6) is 0 Å². The van der Waals surface area contributed by atoms with Crippen LogP contribution in [0.1, 0.15) is 58.8 Å². The average Bonchev–Trinajstić information content (AvgIpc) is 3.06. The highest BCUT2D eigenvalue weighted by Gasteiger charge is 2.41. The molecular formula is C16H28N2O3. The van der Waals surface area contributed by atoms with E-state index in [4.69, 9.17) is 0 Å². The van der Waals surface area contributed by atoms with Crippen LogP contribution in [-0.2, 0) is 4.79 Å². The van der Waals surface area contributed by atoms with Crippen LogP contribution >= 0.6 is 0 Å². The van der Waals surface area contributed by atoms with E-state index in [0.717, 1.165) is 25.7 Å². The fourth-order valence-corrected chi connectivity index (χ4v) is 4.01. The van der Waals surface area contributed by atoms with Crippen molar-refractivity contribution in [3.8, 4) is 0 Å². The molecule has 2 amide bonds. The molecule has 0 aliphatic heterocycles. The van der Waals surface area contributed by atoms with Gasteiger partial charge in [0.05, 0.1) is 5.41 Å². The van der Waals surface area contributed by atoms with Gasteiger partial charge in [0.2, 0.25) is 0 Å². The summed E-state index contributed by atoms with van der Waals surface area (Å²) >= 11 is 0. The van der Waals surface area contributed by atoms with Gasteiger partial charge in [0, 0.05) is 12.6 Å². The SMILES string of the molecule is CCC1CCC(NC(=O)NCC2(C(=O)O)CCCC2)C1C. The maximum Gasteiger partial charge on any atom is 0.315 e. The van der Waals surface area contributed by atoms with E-state index in [1.54, 1.807) is 0 Å². The molecule has 5 heteroatoms. The lowest BCUT2D eigenvalue weighted by Crippen LogP contribution is -2.48. The number of nitrogens with one attached hydrogen (secondary N) is 2. The third-order valence-corrected chi connectivity index (χ3v) is 5.67. The number of amides is 2. The predicted molar refractivity (Wildman–Crippen MR) is 81.0 cm³/mol. The maximum atomic E-state index is 12.0. The van der Waals surface area contributed by atoms with E-state index in [1.165, 1.54) is 6.42 Å². The number of hydrogen-bond acceptors (Lipinski definition) is 2. The Kier molecular flexibility index (Phi) is 5.12. The lowest BCUT2D eigenvalue weighted by atomic mass is 9.86. The monoisotopic (exact) mass is 296 g/mol. The zero-order valence-corrected chi connectivity index (χ0v) is 13.2. The van der Waals surface area contributed by atoms with Crippen molar-refractivity contribution in [2.24, 2.45) is 17.3 Å². The summed E-state index contributed by atoms with van der Waals surface area (Å²) in [4.78, 5) is 23.5. The first-order valence-electron chi connectivity index (χ1n) is 8.26. The van der Waals surface area contributed by atoms with Gasteiger partial charge in [-0.3, -0.25) is 4.79 Å². The lowest BCUT2D eigenvalue weighted by molar-refractivity contribution is -0.148. The lowest BCUT2D eigenvalue weighted by Gasteiger charge is -2.26. The van der Waals surface area contributed by atoms with Crippen molar-refractivity contribution in [3.63, 3.8) is 0 Å². The molecule has 2 saturated carbocycles. The molecule has 0 aromatic rings. The maximum absolute atomic E-state index is 12.0. The van der Waals surface area contributed by atoms with E-state index in [9.17, 15) is 14.7 Å². The molecule has 2 rings (SSSR count). The van der Waals surface area contributed by atoms with E-state index in [2.05, 4.69) is 24.5 Å². The normalized spacial score (nSPS) is 31.0. The van der Waals surface area contributed by atoms with Crippen molar-refractivity contribution in [2.75, 3.05) is 6.54 Å². The Morgan fingerprint density at radius 2 is 1.90 bits per heavy atom. The van der Waals surface area contributed by atoms with Crippen molar-refractivity contribution in [1.82, 2.24) is 10.6 Å². The molecule has 3 atom stereocenters. The molecule has 0 aromatic carbocycles. The summed E-state index contributed by atoms with van der Waals surface area (Å²) in [6.45, 7) is 4.63. The Balaban J connectivity index is 1.81. The highest BCUT2D eigenvalue weighted by molar-refractivity contribution is 5.78.